The molecule has 2 aromatic carbocycles. The molecule has 1 aliphatic heterocycles. The van der Waals surface area contributed by atoms with Gasteiger partial charge in [0.05, 0.1) is 13.2 Å². The fourth-order valence-corrected chi connectivity index (χ4v) is 3.32. The van der Waals surface area contributed by atoms with Crippen molar-refractivity contribution in [3.05, 3.63) is 64.2 Å². The molecule has 3 rings (SSSR count). The maximum atomic E-state index is 10.3. The summed E-state index contributed by atoms with van der Waals surface area (Å²) in [5.41, 5.74) is 2.40. The quantitative estimate of drug-likeness (QED) is 0.739. The van der Waals surface area contributed by atoms with E-state index in [0.717, 1.165) is 16.9 Å². The number of aliphatic hydroxyl groups excluding tert-OH is 3. The summed E-state index contributed by atoms with van der Waals surface area (Å²) >= 11 is 6.32. The van der Waals surface area contributed by atoms with Crippen molar-refractivity contribution >= 4 is 11.6 Å². The van der Waals surface area contributed by atoms with Crippen LogP contribution < -0.4 is 4.74 Å². The number of aliphatic hydroxyl groups is 3. The first-order chi connectivity index (χ1) is 12.9. The van der Waals surface area contributed by atoms with Gasteiger partial charge >= 0.3 is 0 Å². The Kier molecular flexibility index (Phi) is 6.00. The molecule has 0 aromatic heterocycles. The first-order valence-electron chi connectivity index (χ1n) is 8.45. The van der Waals surface area contributed by atoms with Crippen molar-refractivity contribution in [1.82, 2.24) is 0 Å². The monoisotopic (exact) mass is 389 g/mol. The predicted molar refractivity (Wildman–Crippen MR) is 98.5 cm³/mol. The van der Waals surface area contributed by atoms with E-state index < -0.39 is 30.5 Å². The van der Waals surface area contributed by atoms with Gasteiger partial charge in [0.25, 0.3) is 0 Å². The van der Waals surface area contributed by atoms with Gasteiger partial charge < -0.3 is 24.8 Å². The van der Waals surface area contributed by atoms with Crippen molar-refractivity contribution in [2.24, 2.45) is 0 Å². The van der Waals surface area contributed by atoms with Crippen molar-refractivity contribution in [3.63, 3.8) is 0 Å². The SMILES string of the molecule is COc1ccc(Cc2cc([C@@H]3O[C@H](C#N)[C@@H](O)[C@H](O)[C@H]3O)ccc2Cl)cc1. The highest BCUT2D eigenvalue weighted by atomic mass is 35.5. The third-order valence-corrected chi connectivity index (χ3v) is 5.06. The van der Waals surface area contributed by atoms with E-state index in [1.807, 2.05) is 24.3 Å². The summed E-state index contributed by atoms with van der Waals surface area (Å²) in [6.07, 6.45) is -5.93. The van der Waals surface area contributed by atoms with Crippen LogP contribution in [0.15, 0.2) is 42.5 Å². The third kappa shape index (κ3) is 4.08. The number of hydrogen-bond donors (Lipinski definition) is 3. The Hall–Kier alpha value is -2.14. The van der Waals surface area contributed by atoms with E-state index >= 15 is 0 Å². The molecule has 0 saturated carbocycles. The van der Waals surface area contributed by atoms with Crippen LogP contribution in [-0.4, -0.2) is 46.8 Å². The topological polar surface area (TPSA) is 103 Å². The van der Waals surface area contributed by atoms with Gasteiger partial charge in [-0.05, 0) is 41.3 Å². The molecule has 3 N–H and O–H groups in total. The lowest BCUT2D eigenvalue weighted by Gasteiger charge is -2.38. The second-order valence-electron chi connectivity index (χ2n) is 6.45. The van der Waals surface area contributed by atoms with Crippen molar-refractivity contribution in [2.45, 2.75) is 36.9 Å². The van der Waals surface area contributed by atoms with Gasteiger partial charge in [-0.25, -0.2) is 0 Å². The Morgan fingerprint density at radius 1 is 1.07 bits per heavy atom. The number of hydrogen-bond acceptors (Lipinski definition) is 6. The van der Waals surface area contributed by atoms with E-state index in [9.17, 15) is 15.3 Å². The lowest BCUT2D eigenvalue weighted by Crippen LogP contribution is -2.53. The van der Waals surface area contributed by atoms with Gasteiger partial charge in [0.1, 0.15) is 30.2 Å². The van der Waals surface area contributed by atoms with Gasteiger partial charge in [0.2, 0.25) is 0 Å². The van der Waals surface area contributed by atoms with Gasteiger partial charge in [-0.1, -0.05) is 35.9 Å². The minimum Gasteiger partial charge on any atom is -0.497 e. The number of nitrogens with zero attached hydrogens (tertiary/aromatic N) is 1. The lowest BCUT2D eigenvalue weighted by atomic mass is 9.90. The Balaban J connectivity index is 1.87. The maximum absolute atomic E-state index is 10.3. The zero-order valence-corrected chi connectivity index (χ0v) is 15.4. The standard InChI is InChI=1S/C20H20ClNO5/c1-26-14-5-2-11(3-6-14)8-13-9-12(4-7-15(13)21)20-19(25)18(24)17(23)16(10-22)27-20/h2-7,9,16-20,23-25H,8H2,1H3/t16-,17-,18+,19-,20+/m1/s1. The Morgan fingerprint density at radius 3 is 2.41 bits per heavy atom. The number of halogens is 1. The van der Waals surface area contributed by atoms with Gasteiger partial charge in [-0.15, -0.1) is 0 Å². The van der Waals surface area contributed by atoms with Crippen LogP contribution in [0.1, 0.15) is 22.8 Å². The number of ether oxygens (including phenoxy) is 2. The van der Waals surface area contributed by atoms with E-state index in [0.29, 0.717) is 17.0 Å². The van der Waals surface area contributed by atoms with Crippen molar-refractivity contribution in [3.8, 4) is 11.8 Å². The van der Waals surface area contributed by atoms with E-state index in [-0.39, 0.29) is 0 Å². The molecule has 7 heteroatoms. The predicted octanol–water partition coefficient (Wildman–Crippen LogP) is 1.99. The normalized spacial score (nSPS) is 27.8. The summed E-state index contributed by atoms with van der Waals surface area (Å²) in [5, 5.41) is 39.8. The lowest BCUT2D eigenvalue weighted by molar-refractivity contribution is -0.209. The maximum Gasteiger partial charge on any atom is 0.173 e. The van der Waals surface area contributed by atoms with Crippen molar-refractivity contribution in [1.29, 1.82) is 5.26 Å². The molecule has 2 aromatic rings. The second-order valence-corrected chi connectivity index (χ2v) is 6.86. The van der Waals surface area contributed by atoms with Gasteiger partial charge in [-0.3, -0.25) is 0 Å². The summed E-state index contributed by atoms with van der Waals surface area (Å²) in [7, 11) is 1.60. The molecule has 142 valence electrons. The molecule has 0 radical (unpaired) electrons. The van der Waals surface area contributed by atoms with Crippen LogP contribution in [0.3, 0.4) is 0 Å². The summed E-state index contributed by atoms with van der Waals surface area (Å²) < 4.78 is 10.7. The number of rotatable bonds is 4. The fraction of sp³-hybridized carbons (Fsp3) is 0.350. The second kappa shape index (κ2) is 8.26. The number of methoxy groups -OCH3 is 1. The average molecular weight is 390 g/mol. The molecule has 1 aliphatic rings. The van der Waals surface area contributed by atoms with Gasteiger partial charge in [-0.2, -0.15) is 5.26 Å². The van der Waals surface area contributed by atoms with Crippen LogP contribution in [0.4, 0.5) is 0 Å². The van der Waals surface area contributed by atoms with Gasteiger partial charge in [0, 0.05) is 5.02 Å². The first kappa shape index (κ1) is 19.6. The Bertz CT molecular complexity index is 835. The van der Waals surface area contributed by atoms with E-state index in [1.165, 1.54) is 0 Å². The van der Waals surface area contributed by atoms with E-state index in [1.54, 1.807) is 31.4 Å². The summed E-state index contributed by atoms with van der Waals surface area (Å²) in [6, 6.07) is 14.5. The molecule has 0 spiro atoms. The molecular formula is C20H20ClNO5. The highest BCUT2D eigenvalue weighted by molar-refractivity contribution is 6.31. The molecule has 1 saturated heterocycles. The molecule has 0 aliphatic carbocycles. The molecule has 0 unspecified atom stereocenters. The zero-order valence-electron chi connectivity index (χ0n) is 14.6. The van der Waals surface area contributed by atoms with Crippen LogP contribution in [0.5, 0.6) is 5.75 Å². The zero-order chi connectivity index (χ0) is 19.6. The van der Waals surface area contributed by atoms with Gasteiger partial charge in [0.15, 0.2) is 6.10 Å². The summed E-state index contributed by atoms with van der Waals surface area (Å²) in [6.45, 7) is 0. The molecule has 0 amide bonds. The first-order valence-corrected chi connectivity index (χ1v) is 8.83. The Labute approximate surface area is 162 Å². The average Bonchev–Trinajstić information content (AvgIpc) is 2.69. The van der Waals surface area contributed by atoms with E-state index in [2.05, 4.69) is 0 Å². The fourth-order valence-electron chi connectivity index (χ4n) is 3.13. The minimum absolute atomic E-state index is 0.548. The minimum atomic E-state index is -1.48. The molecule has 1 fully saturated rings. The van der Waals surface area contributed by atoms with Crippen LogP contribution in [-0.2, 0) is 11.2 Å². The molecule has 1 heterocycles. The van der Waals surface area contributed by atoms with Crippen LogP contribution in [0.25, 0.3) is 0 Å². The summed E-state index contributed by atoms with van der Waals surface area (Å²) in [5.74, 6) is 0.757. The molecule has 0 bridgehead atoms. The molecule has 6 nitrogen and oxygen atoms in total. The highest BCUT2D eigenvalue weighted by Crippen LogP contribution is 2.34. The van der Waals surface area contributed by atoms with Crippen LogP contribution in [0, 0.1) is 11.3 Å². The summed E-state index contributed by atoms with van der Waals surface area (Å²) in [4.78, 5) is 0. The number of benzene rings is 2. The van der Waals surface area contributed by atoms with E-state index in [4.69, 9.17) is 26.3 Å². The molecule has 5 atom stereocenters. The van der Waals surface area contributed by atoms with Crippen molar-refractivity contribution < 1.29 is 24.8 Å². The van der Waals surface area contributed by atoms with Crippen LogP contribution >= 0.6 is 11.6 Å². The largest absolute Gasteiger partial charge is 0.497 e. The smallest absolute Gasteiger partial charge is 0.173 e. The Morgan fingerprint density at radius 2 is 1.78 bits per heavy atom. The third-order valence-electron chi connectivity index (χ3n) is 4.69. The number of nitriles is 1. The highest BCUT2D eigenvalue weighted by Gasteiger charge is 2.44. The van der Waals surface area contributed by atoms with Crippen LogP contribution in [0.2, 0.25) is 5.02 Å². The molecular weight excluding hydrogens is 370 g/mol. The molecule has 27 heavy (non-hydrogen) atoms. The van der Waals surface area contributed by atoms with Crippen molar-refractivity contribution in [2.75, 3.05) is 7.11 Å².